The van der Waals surface area contributed by atoms with Crippen molar-refractivity contribution in [1.29, 1.82) is 0 Å². The molecule has 0 unspecified atom stereocenters. The Hall–Kier alpha value is -1.51. The summed E-state index contributed by atoms with van der Waals surface area (Å²) in [6.07, 6.45) is 0. The molecule has 0 radical (unpaired) electrons. The molecule has 0 bridgehead atoms. The Morgan fingerprint density at radius 3 is 2.39 bits per heavy atom. The molecule has 1 aromatic rings. The van der Waals surface area contributed by atoms with Gasteiger partial charge in [-0.25, -0.2) is 4.79 Å². The van der Waals surface area contributed by atoms with Crippen molar-refractivity contribution in [1.82, 2.24) is 0 Å². The minimum absolute atomic E-state index is 0.264. The summed E-state index contributed by atoms with van der Waals surface area (Å²) >= 11 is 0. The van der Waals surface area contributed by atoms with Gasteiger partial charge in [-0.3, -0.25) is 0 Å². The van der Waals surface area contributed by atoms with Crippen LogP contribution in [0.2, 0.25) is 0 Å². The second-order valence-electron chi connectivity index (χ2n) is 4.51. The Bertz CT molecular complexity index is 422. The van der Waals surface area contributed by atoms with E-state index in [4.69, 9.17) is 9.47 Å². The van der Waals surface area contributed by atoms with Gasteiger partial charge in [-0.1, -0.05) is 13.8 Å². The van der Waals surface area contributed by atoms with E-state index in [2.05, 4.69) is 13.8 Å². The number of hydrogen-bond donors (Lipinski definition) is 0. The molecule has 1 aromatic carbocycles. The first kappa shape index (κ1) is 14.6. The SMILES string of the molecule is CCOC(=O)c1cc(C(C)C)c(OCC)cc1C. The third-order valence-electron chi connectivity index (χ3n) is 2.77. The van der Waals surface area contributed by atoms with E-state index in [1.165, 1.54) is 0 Å². The molecule has 18 heavy (non-hydrogen) atoms. The van der Waals surface area contributed by atoms with E-state index in [1.54, 1.807) is 0 Å². The van der Waals surface area contributed by atoms with E-state index in [9.17, 15) is 4.79 Å². The highest BCUT2D eigenvalue weighted by atomic mass is 16.5. The van der Waals surface area contributed by atoms with Crippen molar-refractivity contribution in [2.45, 2.75) is 40.5 Å². The summed E-state index contributed by atoms with van der Waals surface area (Å²) < 4.78 is 10.7. The lowest BCUT2D eigenvalue weighted by molar-refractivity contribution is 0.0525. The highest BCUT2D eigenvalue weighted by molar-refractivity contribution is 5.91. The molecule has 0 spiro atoms. The van der Waals surface area contributed by atoms with Crippen LogP contribution >= 0.6 is 0 Å². The molecule has 0 aliphatic rings. The van der Waals surface area contributed by atoms with Crippen LogP contribution < -0.4 is 4.74 Å². The van der Waals surface area contributed by atoms with Crippen LogP contribution in [0.4, 0.5) is 0 Å². The summed E-state index contributed by atoms with van der Waals surface area (Å²) in [6.45, 7) is 10.9. The first-order chi connectivity index (χ1) is 8.51. The van der Waals surface area contributed by atoms with Gasteiger partial charge < -0.3 is 9.47 Å². The second kappa shape index (κ2) is 6.43. The normalized spacial score (nSPS) is 10.6. The molecule has 100 valence electrons. The van der Waals surface area contributed by atoms with E-state index in [0.29, 0.717) is 24.7 Å². The minimum atomic E-state index is -0.264. The summed E-state index contributed by atoms with van der Waals surface area (Å²) in [6, 6.07) is 3.81. The first-order valence-corrected chi connectivity index (χ1v) is 6.45. The van der Waals surface area contributed by atoms with Crippen molar-refractivity contribution in [2.75, 3.05) is 13.2 Å². The maximum atomic E-state index is 11.8. The van der Waals surface area contributed by atoms with Crippen LogP contribution in [-0.4, -0.2) is 19.2 Å². The van der Waals surface area contributed by atoms with Crippen molar-refractivity contribution in [3.05, 3.63) is 28.8 Å². The molecule has 0 saturated carbocycles. The smallest absolute Gasteiger partial charge is 0.338 e. The maximum Gasteiger partial charge on any atom is 0.338 e. The van der Waals surface area contributed by atoms with Gasteiger partial charge in [0.25, 0.3) is 0 Å². The third kappa shape index (κ3) is 3.25. The van der Waals surface area contributed by atoms with Crippen LogP contribution in [-0.2, 0) is 4.74 Å². The molecule has 0 aromatic heterocycles. The van der Waals surface area contributed by atoms with Gasteiger partial charge in [-0.15, -0.1) is 0 Å². The lowest BCUT2D eigenvalue weighted by Crippen LogP contribution is -2.09. The zero-order valence-electron chi connectivity index (χ0n) is 11.9. The molecule has 0 amide bonds. The number of hydrogen-bond acceptors (Lipinski definition) is 3. The number of ether oxygens (including phenoxy) is 2. The Morgan fingerprint density at radius 2 is 1.89 bits per heavy atom. The van der Waals surface area contributed by atoms with Gasteiger partial charge in [0.05, 0.1) is 18.8 Å². The van der Waals surface area contributed by atoms with Gasteiger partial charge >= 0.3 is 5.97 Å². The Morgan fingerprint density at radius 1 is 1.22 bits per heavy atom. The van der Waals surface area contributed by atoms with Crippen LogP contribution in [0, 0.1) is 6.92 Å². The zero-order valence-corrected chi connectivity index (χ0v) is 11.9. The molecule has 0 N–H and O–H groups in total. The third-order valence-corrected chi connectivity index (χ3v) is 2.77. The summed E-state index contributed by atoms with van der Waals surface area (Å²) in [5, 5.41) is 0. The van der Waals surface area contributed by atoms with Crippen molar-refractivity contribution in [2.24, 2.45) is 0 Å². The van der Waals surface area contributed by atoms with Crippen LogP contribution in [0.1, 0.15) is 55.1 Å². The fraction of sp³-hybridized carbons (Fsp3) is 0.533. The Labute approximate surface area is 109 Å². The minimum Gasteiger partial charge on any atom is -0.494 e. The monoisotopic (exact) mass is 250 g/mol. The predicted octanol–water partition coefficient (Wildman–Crippen LogP) is 3.69. The average Bonchev–Trinajstić information content (AvgIpc) is 2.29. The van der Waals surface area contributed by atoms with Crippen molar-refractivity contribution >= 4 is 5.97 Å². The van der Waals surface area contributed by atoms with Crippen molar-refractivity contribution in [3.8, 4) is 5.75 Å². The quantitative estimate of drug-likeness (QED) is 0.747. The highest BCUT2D eigenvalue weighted by Gasteiger charge is 2.16. The molecular weight excluding hydrogens is 228 g/mol. The lowest BCUT2D eigenvalue weighted by atomic mass is 9.96. The molecule has 0 heterocycles. The van der Waals surface area contributed by atoms with Gasteiger partial charge in [0.15, 0.2) is 0 Å². The molecule has 0 aliphatic heterocycles. The van der Waals surface area contributed by atoms with Gasteiger partial charge in [-0.05, 0) is 49.9 Å². The number of carbonyl (C=O) groups excluding carboxylic acids is 1. The van der Waals surface area contributed by atoms with E-state index < -0.39 is 0 Å². The molecule has 0 saturated heterocycles. The highest BCUT2D eigenvalue weighted by Crippen LogP contribution is 2.30. The lowest BCUT2D eigenvalue weighted by Gasteiger charge is -2.16. The van der Waals surface area contributed by atoms with Gasteiger partial charge in [0, 0.05) is 0 Å². The molecule has 1 rings (SSSR count). The Kier molecular flexibility index (Phi) is 5.20. The fourth-order valence-electron chi connectivity index (χ4n) is 1.86. The largest absolute Gasteiger partial charge is 0.494 e. The molecule has 3 heteroatoms. The predicted molar refractivity (Wildman–Crippen MR) is 72.4 cm³/mol. The number of aryl methyl sites for hydroxylation is 1. The summed E-state index contributed by atoms with van der Waals surface area (Å²) in [4.78, 5) is 11.8. The summed E-state index contributed by atoms with van der Waals surface area (Å²) in [5.41, 5.74) is 2.57. The maximum absolute atomic E-state index is 11.8. The topological polar surface area (TPSA) is 35.5 Å². The number of carbonyl (C=O) groups is 1. The van der Waals surface area contributed by atoms with Gasteiger partial charge in [-0.2, -0.15) is 0 Å². The van der Waals surface area contributed by atoms with Crippen LogP contribution in [0.25, 0.3) is 0 Å². The number of rotatable bonds is 5. The molecule has 0 fully saturated rings. The molecule has 3 nitrogen and oxygen atoms in total. The van der Waals surface area contributed by atoms with E-state index in [-0.39, 0.29) is 5.97 Å². The summed E-state index contributed by atoms with van der Waals surface area (Å²) in [7, 11) is 0. The van der Waals surface area contributed by atoms with Crippen LogP contribution in [0.5, 0.6) is 5.75 Å². The standard InChI is InChI=1S/C15H22O3/c1-6-17-14-8-11(5)13(15(16)18-7-2)9-12(14)10(3)4/h8-10H,6-7H2,1-5H3. The fourth-order valence-corrected chi connectivity index (χ4v) is 1.86. The van der Waals surface area contributed by atoms with Crippen LogP contribution in [0.15, 0.2) is 12.1 Å². The van der Waals surface area contributed by atoms with Gasteiger partial charge in [0.2, 0.25) is 0 Å². The molecule has 0 aliphatic carbocycles. The first-order valence-electron chi connectivity index (χ1n) is 6.45. The average molecular weight is 250 g/mol. The zero-order chi connectivity index (χ0) is 13.7. The summed E-state index contributed by atoms with van der Waals surface area (Å²) in [5.74, 6) is 0.901. The van der Waals surface area contributed by atoms with E-state index in [0.717, 1.165) is 16.9 Å². The van der Waals surface area contributed by atoms with E-state index >= 15 is 0 Å². The van der Waals surface area contributed by atoms with Gasteiger partial charge in [0.1, 0.15) is 5.75 Å². The Balaban J connectivity index is 3.22. The second-order valence-corrected chi connectivity index (χ2v) is 4.51. The van der Waals surface area contributed by atoms with Crippen molar-refractivity contribution < 1.29 is 14.3 Å². The number of benzene rings is 1. The molecule has 0 atom stereocenters. The molecular formula is C15H22O3. The van der Waals surface area contributed by atoms with E-state index in [1.807, 2.05) is 32.9 Å². The van der Waals surface area contributed by atoms with Crippen molar-refractivity contribution in [3.63, 3.8) is 0 Å². The number of esters is 1. The van der Waals surface area contributed by atoms with Crippen LogP contribution in [0.3, 0.4) is 0 Å².